The molecule has 0 aromatic heterocycles. The normalized spacial score (nSPS) is 28.4. The molecular formula is C10H22N4O. The maximum atomic E-state index is 5.55. The van der Waals surface area contributed by atoms with Crippen molar-refractivity contribution in [1.82, 2.24) is 10.3 Å². The van der Waals surface area contributed by atoms with E-state index in [-0.39, 0.29) is 12.1 Å². The highest BCUT2D eigenvalue weighted by molar-refractivity contribution is 5.80. The van der Waals surface area contributed by atoms with Gasteiger partial charge in [-0.05, 0) is 27.7 Å². The molecule has 0 aliphatic carbocycles. The van der Waals surface area contributed by atoms with Gasteiger partial charge >= 0.3 is 0 Å². The highest BCUT2D eigenvalue weighted by Gasteiger charge is 2.25. The first-order valence-corrected chi connectivity index (χ1v) is 5.47. The lowest BCUT2D eigenvalue weighted by molar-refractivity contribution is -0.0237. The zero-order chi connectivity index (χ0) is 11.4. The van der Waals surface area contributed by atoms with Crippen molar-refractivity contribution in [3.63, 3.8) is 0 Å². The summed E-state index contributed by atoms with van der Waals surface area (Å²) in [6.07, 6.45) is 0.229. The third-order valence-electron chi connectivity index (χ3n) is 2.39. The zero-order valence-corrected chi connectivity index (χ0v) is 10.0. The summed E-state index contributed by atoms with van der Waals surface area (Å²) in [4.78, 5) is 6.62. The van der Waals surface area contributed by atoms with E-state index in [1.807, 2.05) is 13.8 Å². The standard InChI is InChI=1S/C10H22N4O/c1-7(2)12-10(13-11)14-5-9(4)15-6-8(14)3/h7-9H,5-6,11H2,1-4H3,(H,12,13). The minimum atomic E-state index is 0.229. The molecule has 15 heavy (non-hydrogen) atoms. The smallest absolute Gasteiger partial charge is 0.209 e. The van der Waals surface area contributed by atoms with Crippen LogP contribution in [0.5, 0.6) is 0 Å². The molecule has 3 N–H and O–H groups in total. The highest BCUT2D eigenvalue weighted by atomic mass is 16.5. The summed E-state index contributed by atoms with van der Waals surface area (Å²) in [7, 11) is 0. The van der Waals surface area contributed by atoms with Crippen molar-refractivity contribution < 1.29 is 4.74 Å². The number of nitrogens with two attached hydrogens (primary N) is 1. The molecule has 0 saturated carbocycles. The van der Waals surface area contributed by atoms with Gasteiger partial charge in [-0.15, -0.1) is 0 Å². The summed E-state index contributed by atoms with van der Waals surface area (Å²) in [5.74, 6) is 6.25. The van der Waals surface area contributed by atoms with Crippen LogP contribution in [0.1, 0.15) is 27.7 Å². The molecule has 0 aromatic carbocycles. The van der Waals surface area contributed by atoms with Gasteiger partial charge < -0.3 is 9.64 Å². The Morgan fingerprint density at radius 1 is 1.53 bits per heavy atom. The van der Waals surface area contributed by atoms with E-state index in [1.165, 1.54) is 0 Å². The number of aliphatic imine (C=N–C) groups is 1. The summed E-state index contributed by atoms with van der Waals surface area (Å²) < 4.78 is 5.55. The number of morpholine rings is 1. The summed E-state index contributed by atoms with van der Waals surface area (Å²) >= 11 is 0. The van der Waals surface area contributed by atoms with Crippen LogP contribution in [0.25, 0.3) is 0 Å². The van der Waals surface area contributed by atoms with E-state index in [1.54, 1.807) is 0 Å². The van der Waals surface area contributed by atoms with Crippen LogP contribution in [0.4, 0.5) is 0 Å². The molecule has 88 valence electrons. The van der Waals surface area contributed by atoms with E-state index in [9.17, 15) is 0 Å². The number of nitrogens with zero attached hydrogens (tertiary/aromatic N) is 2. The van der Waals surface area contributed by atoms with Crippen LogP contribution in [-0.2, 0) is 4.74 Å². The van der Waals surface area contributed by atoms with Crippen LogP contribution >= 0.6 is 0 Å². The molecule has 0 spiro atoms. The predicted octanol–water partition coefficient (Wildman–Crippen LogP) is 0.323. The number of nitrogens with one attached hydrogen (secondary N) is 1. The van der Waals surface area contributed by atoms with Crippen molar-refractivity contribution in [1.29, 1.82) is 0 Å². The lowest BCUT2D eigenvalue weighted by atomic mass is 10.2. The summed E-state index contributed by atoms with van der Waals surface area (Å²) in [5.41, 5.74) is 2.67. The van der Waals surface area contributed by atoms with Crippen molar-refractivity contribution >= 4 is 5.96 Å². The van der Waals surface area contributed by atoms with Gasteiger partial charge in [0, 0.05) is 12.6 Å². The number of ether oxygens (including phenoxy) is 1. The average Bonchev–Trinajstić information content (AvgIpc) is 2.18. The minimum Gasteiger partial charge on any atom is -0.375 e. The van der Waals surface area contributed by atoms with Gasteiger partial charge in [-0.3, -0.25) is 5.43 Å². The molecular weight excluding hydrogens is 192 g/mol. The lowest BCUT2D eigenvalue weighted by Gasteiger charge is -2.38. The van der Waals surface area contributed by atoms with Crippen molar-refractivity contribution in [2.45, 2.75) is 45.9 Å². The Kier molecular flexibility index (Phi) is 4.35. The Hall–Kier alpha value is -0.810. The molecule has 1 heterocycles. The lowest BCUT2D eigenvalue weighted by Crippen LogP contribution is -2.56. The number of hydrazine groups is 1. The van der Waals surface area contributed by atoms with Gasteiger partial charge in [-0.1, -0.05) is 0 Å². The van der Waals surface area contributed by atoms with E-state index >= 15 is 0 Å². The molecule has 2 atom stereocenters. The quantitative estimate of drug-likeness (QED) is 0.286. The zero-order valence-electron chi connectivity index (χ0n) is 10.0. The largest absolute Gasteiger partial charge is 0.375 e. The van der Waals surface area contributed by atoms with Gasteiger partial charge in [-0.25, -0.2) is 10.8 Å². The fourth-order valence-corrected chi connectivity index (χ4v) is 1.64. The first kappa shape index (κ1) is 12.3. The fourth-order valence-electron chi connectivity index (χ4n) is 1.64. The van der Waals surface area contributed by atoms with Crippen LogP contribution in [0.15, 0.2) is 4.99 Å². The average molecular weight is 214 g/mol. The van der Waals surface area contributed by atoms with Crippen LogP contribution in [0, 0.1) is 0 Å². The second-order valence-electron chi connectivity index (χ2n) is 4.34. The highest BCUT2D eigenvalue weighted by Crippen LogP contribution is 2.11. The van der Waals surface area contributed by atoms with Crippen LogP contribution in [-0.4, -0.2) is 42.2 Å². The van der Waals surface area contributed by atoms with Crippen molar-refractivity contribution in [3.8, 4) is 0 Å². The van der Waals surface area contributed by atoms with Gasteiger partial charge in [0.15, 0.2) is 0 Å². The predicted molar refractivity (Wildman–Crippen MR) is 61.5 cm³/mol. The first-order valence-electron chi connectivity index (χ1n) is 5.47. The van der Waals surface area contributed by atoms with E-state index in [2.05, 4.69) is 29.2 Å². The molecule has 1 fully saturated rings. The summed E-state index contributed by atoms with van der Waals surface area (Å²) in [5, 5.41) is 0. The molecule has 5 heteroatoms. The monoisotopic (exact) mass is 214 g/mol. The van der Waals surface area contributed by atoms with Gasteiger partial charge in [0.25, 0.3) is 0 Å². The number of hydrogen-bond acceptors (Lipinski definition) is 3. The van der Waals surface area contributed by atoms with Gasteiger partial charge in [0.1, 0.15) is 0 Å². The van der Waals surface area contributed by atoms with E-state index in [0.29, 0.717) is 6.04 Å². The molecule has 5 nitrogen and oxygen atoms in total. The molecule has 1 rings (SSSR count). The van der Waals surface area contributed by atoms with Crippen LogP contribution < -0.4 is 11.3 Å². The minimum absolute atomic E-state index is 0.229. The number of hydrogen-bond donors (Lipinski definition) is 2. The van der Waals surface area contributed by atoms with Gasteiger partial charge in [0.2, 0.25) is 5.96 Å². The maximum Gasteiger partial charge on any atom is 0.209 e. The second-order valence-corrected chi connectivity index (χ2v) is 4.34. The molecule has 2 unspecified atom stereocenters. The number of rotatable bonds is 1. The number of guanidine groups is 1. The topological polar surface area (TPSA) is 62.9 Å². The van der Waals surface area contributed by atoms with E-state index in [4.69, 9.17) is 10.6 Å². The third-order valence-corrected chi connectivity index (χ3v) is 2.39. The Morgan fingerprint density at radius 3 is 2.73 bits per heavy atom. The molecule has 1 aliphatic rings. The first-order chi connectivity index (χ1) is 7.04. The Bertz CT molecular complexity index is 229. The van der Waals surface area contributed by atoms with E-state index in [0.717, 1.165) is 19.1 Å². The van der Waals surface area contributed by atoms with Crippen LogP contribution in [0.2, 0.25) is 0 Å². The van der Waals surface area contributed by atoms with Crippen LogP contribution in [0.3, 0.4) is 0 Å². The molecule has 0 aromatic rings. The Labute approximate surface area is 91.6 Å². The molecule has 0 radical (unpaired) electrons. The van der Waals surface area contributed by atoms with Crippen molar-refractivity contribution in [2.24, 2.45) is 10.8 Å². The second kappa shape index (κ2) is 5.32. The summed E-state index contributed by atoms with van der Waals surface area (Å²) in [6, 6.07) is 0.552. The Morgan fingerprint density at radius 2 is 2.20 bits per heavy atom. The summed E-state index contributed by atoms with van der Waals surface area (Å²) in [6.45, 7) is 9.79. The van der Waals surface area contributed by atoms with Crippen molar-refractivity contribution in [2.75, 3.05) is 13.2 Å². The fraction of sp³-hybridized carbons (Fsp3) is 0.900. The third kappa shape index (κ3) is 3.35. The SMILES string of the molecule is CC(C)N=C(NN)N1CC(C)OCC1C. The van der Waals surface area contributed by atoms with Gasteiger partial charge in [0.05, 0.1) is 18.8 Å². The van der Waals surface area contributed by atoms with Gasteiger partial charge in [-0.2, -0.15) is 0 Å². The molecule has 1 saturated heterocycles. The maximum absolute atomic E-state index is 5.55. The van der Waals surface area contributed by atoms with E-state index < -0.39 is 0 Å². The van der Waals surface area contributed by atoms with Crippen molar-refractivity contribution in [3.05, 3.63) is 0 Å². The Balaban J connectivity index is 2.73. The molecule has 0 bridgehead atoms. The molecule has 0 amide bonds. The molecule has 1 aliphatic heterocycles.